The number of unbranched alkanes of at least 4 members (excludes halogenated alkanes) is 8. The van der Waals surface area contributed by atoms with Crippen LogP contribution in [0.3, 0.4) is 0 Å². The molecular weight excluding hydrogens is 300 g/mol. The van der Waals surface area contributed by atoms with E-state index >= 15 is 0 Å². The Labute approximate surface area is 149 Å². The van der Waals surface area contributed by atoms with Gasteiger partial charge in [-0.15, -0.1) is 0 Å². The molecule has 142 valence electrons. The fourth-order valence-electron chi connectivity index (χ4n) is 2.68. The Bertz CT molecular complexity index is 317. The van der Waals surface area contributed by atoms with Crippen molar-refractivity contribution >= 4 is 5.91 Å². The average molecular weight is 341 g/mol. The molecule has 0 unspecified atom stereocenters. The third-order valence-corrected chi connectivity index (χ3v) is 4.09. The second-order valence-electron chi connectivity index (χ2n) is 6.95. The highest BCUT2D eigenvalue weighted by Gasteiger charge is 2.02. The minimum Gasteiger partial charge on any atom is -0.393 e. The van der Waals surface area contributed by atoms with Crippen LogP contribution in [0.25, 0.3) is 0 Å². The molecule has 0 heterocycles. The monoisotopic (exact) mass is 340 g/mol. The van der Waals surface area contributed by atoms with E-state index in [1.807, 2.05) is 14.1 Å². The SMILES string of the molecule is CCCCCC[C@@H](O)CC=CCCCCCCCC(=O)NN(C)C. The van der Waals surface area contributed by atoms with E-state index in [1.165, 1.54) is 38.5 Å². The Kier molecular flexibility index (Phi) is 16.4. The summed E-state index contributed by atoms with van der Waals surface area (Å²) in [5.41, 5.74) is 2.76. The van der Waals surface area contributed by atoms with E-state index in [4.69, 9.17) is 0 Å². The lowest BCUT2D eigenvalue weighted by Gasteiger charge is -2.11. The number of rotatable bonds is 16. The molecule has 1 atom stereocenters. The summed E-state index contributed by atoms with van der Waals surface area (Å²) in [5.74, 6) is 0.108. The van der Waals surface area contributed by atoms with Gasteiger partial charge in [-0.05, 0) is 32.1 Å². The molecule has 0 aromatic heterocycles. The zero-order chi connectivity index (χ0) is 18.0. The fourth-order valence-corrected chi connectivity index (χ4v) is 2.68. The van der Waals surface area contributed by atoms with Gasteiger partial charge >= 0.3 is 0 Å². The molecule has 0 saturated carbocycles. The van der Waals surface area contributed by atoms with Crippen molar-refractivity contribution in [1.82, 2.24) is 10.4 Å². The van der Waals surface area contributed by atoms with E-state index in [9.17, 15) is 9.90 Å². The average Bonchev–Trinajstić information content (AvgIpc) is 2.52. The van der Waals surface area contributed by atoms with Gasteiger partial charge in [0.05, 0.1) is 6.10 Å². The molecule has 0 aliphatic heterocycles. The zero-order valence-electron chi connectivity index (χ0n) is 16.2. The van der Waals surface area contributed by atoms with Gasteiger partial charge in [0.1, 0.15) is 0 Å². The Morgan fingerprint density at radius 3 is 2.38 bits per heavy atom. The molecule has 2 N–H and O–H groups in total. The highest BCUT2D eigenvalue weighted by Crippen LogP contribution is 2.10. The number of carbonyl (C=O) groups is 1. The molecule has 1 amide bonds. The lowest BCUT2D eigenvalue weighted by Crippen LogP contribution is -2.35. The third kappa shape index (κ3) is 17.5. The van der Waals surface area contributed by atoms with Gasteiger partial charge in [0, 0.05) is 20.5 Å². The van der Waals surface area contributed by atoms with E-state index in [2.05, 4.69) is 24.5 Å². The largest absolute Gasteiger partial charge is 0.393 e. The second kappa shape index (κ2) is 17.0. The lowest BCUT2D eigenvalue weighted by atomic mass is 10.1. The van der Waals surface area contributed by atoms with Crippen LogP contribution in [0.1, 0.15) is 90.4 Å². The van der Waals surface area contributed by atoms with Crippen molar-refractivity contribution in [3.05, 3.63) is 12.2 Å². The zero-order valence-corrected chi connectivity index (χ0v) is 16.2. The van der Waals surface area contributed by atoms with Gasteiger partial charge in [-0.3, -0.25) is 10.2 Å². The molecule has 0 radical (unpaired) electrons. The summed E-state index contributed by atoms with van der Waals surface area (Å²) >= 11 is 0. The van der Waals surface area contributed by atoms with Crippen LogP contribution in [-0.4, -0.2) is 36.2 Å². The van der Waals surface area contributed by atoms with Crippen LogP contribution < -0.4 is 5.43 Å². The number of hydrogen-bond donors (Lipinski definition) is 2. The van der Waals surface area contributed by atoms with Gasteiger partial charge < -0.3 is 5.11 Å². The lowest BCUT2D eigenvalue weighted by molar-refractivity contribution is -0.124. The van der Waals surface area contributed by atoms with Crippen LogP contribution in [0.4, 0.5) is 0 Å². The maximum absolute atomic E-state index is 11.4. The quantitative estimate of drug-likeness (QED) is 0.245. The van der Waals surface area contributed by atoms with E-state index in [0.717, 1.165) is 38.5 Å². The Morgan fingerprint density at radius 2 is 1.67 bits per heavy atom. The highest BCUT2D eigenvalue weighted by atomic mass is 16.3. The first kappa shape index (κ1) is 23.1. The maximum Gasteiger partial charge on any atom is 0.234 e. The van der Waals surface area contributed by atoms with Crippen LogP contribution in [0.5, 0.6) is 0 Å². The van der Waals surface area contributed by atoms with Crippen LogP contribution in [0.2, 0.25) is 0 Å². The van der Waals surface area contributed by atoms with Crippen molar-refractivity contribution in [2.75, 3.05) is 14.1 Å². The van der Waals surface area contributed by atoms with Gasteiger partial charge in [-0.2, -0.15) is 0 Å². The Balaban J connectivity index is 3.33. The number of hydrogen-bond acceptors (Lipinski definition) is 3. The van der Waals surface area contributed by atoms with Gasteiger partial charge in [-0.25, -0.2) is 5.01 Å². The summed E-state index contributed by atoms with van der Waals surface area (Å²) in [7, 11) is 3.66. The van der Waals surface area contributed by atoms with Crippen LogP contribution >= 0.6 is 0 Å². The topological polar surface area (TPSA) is 52.6 Å². The summed E-state index contributed by atoms with van der Waals surface area (Å²) in [5, 5.41) is 11.6. The standard InChI is InChI=1S/C20H40N2O2/c1-4-5-6-13-16-19(23)17-14-11-9-7-8-10-12-15-18-20(24)21-22(2)3/h11,14,19,23H,4-10,12-13,15-18H2,1-3H3,(H,21,24)/t19-/m1/s1. The van der Waals surface area contributed by atoms with Gasteiger partial charge in [0.2, 0.25) is 5.91 Å². The second-order valence-corrected chi connectivity index (χ2v) is 6.95. The van der Waals surface area contributed by atoms with Gasteiger partial charge in [-0.1, -0.05) is 64.0 Å². The summed E-state index contributed by atoms with van der Waals surface area (Å²) in [6, 6.07) is 0. The number of hydrazine groups is 1. The van der Waals surface area contributed by atoms with E-state index in [0.29, 0.717) is 6.42 Å². The molecule has 0 rings (SSSR count). The van der Waals surface area contributed by atoms with Crippen molar-refractivity contribution in [1.29, 1.82) is 0 Å². The first-order valence-corrected chi connectivity index (χ1v) is 9.86. The molecule has 0 aromatic rings. The molecule has 0 fully saturated rings. The molecule has 0 spiro atoms. The minimum absolute atomic E-state index is 0.108. The van der Waals surface area contributed by atoms with Crippen molar-refractivity contribution in [3.8, 4) is 0 Å². The van der Waals surface area contributed by atoms with Gasteiger partial charge in [0.25, 0.3) is 0 Å². The molecule has 4 heteroatoms. The normalized spacial score (nSPS) is 12.9. The molecule has 0 saturated heterocycles. The van der Waals surface area contributed by atoms with Gasteiger partial charge in [0.15, 0.2) is 0 Å². The van der Waals surface area contributed by atoms with E-state index in [-0.39, 0.29) is 12.0 Å². The molecular formula is C20H40N2O2. The molecule has 0 aliphatic carbocycles. The summed E-state index contributed by atoms with van der Waals surface area (Å²) in [6.07, 6.45) is 18.3. The minimum atomic E-state index is -0.161. The number of aliphatic hydroxyl groups excluding tert-OH is 1. The smallest absolute Gasteiger partial charge is 0.234 e. The number of nitrogens with zero attached hydrogens (tertiary/aromatic N) is 1. The molecule has 0 aliphatic rings. The van der Waals surface area contributed by atoms with Crippen molar-refractivity contribution in [2.45, 2.75) is 96.5 Å². The maximum atomic E-state index is 11.4. The predicted molar refractivity (Wildman–Crippen MR) is 103 cm³/mol. The van der Waals surface area contributed by atoms with E-state index in [1.54, 1.807) is 5.01 Å². The number of allylic oxidation sites excluding steroid dienone is 1. The number of aliphatic hydroxyl groups is 1. The molecule has 24 heavy (non-hydrogen) atoms. The van der Waals surface area contributed by atoms with Crippen molar-refractivity contribution in [2.24, 2.45) is 0 Å². The van der Waals surface area contributed by atoms with E-state index < -0.39 is 0 Å². The highest BCUT2D eigenvalue weighted by molar-refractivity contribution is 5.75. The third-order valence-electron chi connectivity index (χ3n) is 4.09. The number of nitrogens with one attached hydrogen (secondary N) is 1. The van der Waals surface area contributed by atoms with Crippen LogP contribution in [0.15, 0.2) is 12.2 Å². The Morgan fingerprint density at radius 1 is 1.00 bits per heavy atom. The van der Waals surface area contributed by atoms with Crippen LogP contribution in [0, 0.1) is 0 Å². The summed E-state index contributed by atoms with van der Waals surface area (Å²) in [4.78, 5) is 11.4. The van der Waals surface area contributed by atoms with Crippen molar-refractivity contribution < 1.29 is 9.90 Å². The number of carbonyl (C=O) groups excluding carboxylic acids is 1. The summed E-state index contributed by atoms with van der Waals surface area (Å²) in [6.45, 7) is 2.21. The number of amides is 1. The molecule has 4 nitrogen and oxygen atoms in total. The fraction of sp³-hybridized carbons (Fsp3) is 0.850. The first-order chi connectivity index (χ1) is 11.6. The first-order valence-electron chi connectivity index (χ1n) is 9.86. The molecule has 0 bridgehead atoms. The van der Waals surface area contributed by atoms with Crippen molar-refractivity contribution in [3.63, 3.8) is 0 Å². The predicted octanol–water partition coefficient (Wildman–Crippen LogP) is 4.59. The van der Waals surface area contributed by atoms with Crippen LogP contribution in [-0.2, 0) is 4.79 Å². The Hall–Kier alpha value is -0.870. The summed E-state index contributed by atoms with van der Waals surface area (Å²) < 4.78 is 0. The molecule has 0 aromatic carbocycles.